The highest BCUT2D eigenvalue weighted by atomic mass is 32.1. The minimum Gasteiger partial charge on any atom is -0.356 e. The summed E-state index contributed by atoms with van der Waals surface area (Å²) in [5.74, 6) is 0.947. The molecule has 0 aliphatic carbocycles. The minimum absolute atomic E-state index is 0.800. The van der Waals surface area contributed by atoms with Crippen LogP contribution in [0.25, 0.3) is 0 Å². The molecule has 23 heavy (non-hydrogen) atoms. The van der Waals surface area contributed by atoms with Gasteiger partial charge in [0.15, 0.2) is 5.96 Å². The summed E-state index contributed by atoms with van der Waals surface area (Å²) in [6.07, 6.45) is 6.44. The molecule has 0 aliphatic rings. The number of thiazole rings is 1. The van der Waals surface area contributed by atoms with E-state index in [-0.39, 0.29) is 0 Å². The predicted octanol–water partition coefficient (Wildman–Crippen LogP) is 2.97. The molecule has 0 unspecified atom stereocenters. The van der Waals surface area contributed by atoms with Gasteiger partial charge in [-0.2, -0.15) is 0 Å². The number of aromatic nitrogens is 1. The van der Waals surface area contributed by atoms with Crippen LogP contribution >= 0.6 is 11.3 Å². The van der Waals surface area contributed by atoms with E-state index >= 15 is 0 Å². The molecule has 5 nitrogen and oxygen atoms in total. The summed E-state index contributed by atoms with van der Waals surface area (Å²) in [6.45, 7) is 5.03. The van der Waals surface area contributed by atoms with Crippen LogP contribution in [0.2, 0.25) is 0 Å². The monoisotopic (exact) mass is 339 g/mol. The summed E-state index contributed by atoms with van der Waals surface area (Å²) in [5, 5.41) is 6.68. The van der Waals surface area contributed by atoms with Crippen LogP contribution in [0.15, 0.2) is 10.4 Å². The lowest BCUT2D eigenvalue weighted by Gasteiger charge is -2.21. The first-order valence-corrected chi connectivity index (χ1v) is 9.38. The maximum Gasteiger partial charge on any atom is 0.193 e. The first-order chi connectivity index (χ1) is 11.0. The molecule has 0 fully saturated rings. The Morgan fingerprint density at radius 3 is 2.48 bits per heavy atom. The second-order valence-electron chi connectivity index (χ2n) is 6.26. The summed E-state index contributed by atoms with van der Waals surface area (Å²) < 4.78 is 0. The highest BCUT2D eigenvalue weighted by molar-refractivity contribution is 7.09. The van der Waals surface area contributed by atoms with E-state index < -0.39 is 0 Å². The van der Waals surface area contributed by atoms with Crippen LogP contribution in [0.4, 0.5) is 0 Å². The van der Waals surface area contributed by atoms with Gasteiger partial charge >= 0.3 is 0 Å². The molecule has 1 N–H and O–H groups in total. The number of aliphatic imine (C=N–C) groups is 1. The minimum atomic E-state index is 0.800. The smallest absolute Gasteiger partial charge is 0.193 e. The summed E-state index contributed by atoms with van der Waals surface area (Å²) in [6, 6.07) is 0. The lowest BCUT2D eigenvalue weighted by atomic mass is 10.1. The van der Waals surface area contributed by atoms with Crippen molar-refractivity contribution in [2.24, 2.45) is 4.99 Å². The Kier molecular flexibility index (Phi) is 9.87. The van der Waals surface area contributed by atoms with E-state index in [1.165, 1.54) is 38.6 Å². The average Bonchev–Trinajstić information content (AvgIpc) is 2.90. The number of hydrogen-bond donors (Lipinski definition) is 1. The molecule has 132 valence electrons. The molecule has 0 radical (unpaired) electrons. The fourth-order valence-electron chi connectivity index (χ4n) is 2.47. The van der Waals surface area contributed by atoms with Crippen LogP contribution in [-0.4, -0.2) is 62.0 Å². The van der Waals surface area contributed by atoms with Gasteiger partial charge < -0.3 is 15.1 Å². The van der Waals surface area contributed by atoms with E-state index in [1.807, 2.05) is 14.0 Å². The average molecular weight is 340 g/mol. The molecule has 0 spiro atoms. The fourth-order valence-corrected chi connectivity index (χ4v) is 3.07. The Morgan fingerprint density at radius 2 is 1.87 bits per heavy atom. The zero-order valence-corrected chi connectivity index (χ0v) is 16.2. The van der Waals surface area contributed by atoms with Crippen molar-refractivity contribution >= 4 is 17.3 Å². The number of nitrogens with one attached hydrogen (secondary N) is 1. The van der Waals surface area contributed by atoms with Gasteiger partial charge in [0.2, 0.25) is 0 Å². The number of hydrogen-bond acceptors (Lipinski definition) is 4. The number of aryl methyl sites for hydroxylation is 1. The van der Waals surface area contributed by atoms with E-state index in [1.54, 1.807) is 11.3 Å². The summed E-state index contributed by atoms with van der Waals surface area (Å²) in [5.41, 5.74) is 1.11. The molecule has 1 aromatic heterocycles. The Bertz CT molecular complexity index is 456. The van der Waals surface area contributed by atoms with Gasteiger partial charge in [-0.3, -0.25) is 4.99 Å². The maximum absolute atomic E-state index is 4.51. The molecule has 0 atom stereocenters. The summed E-state index contributed by atoms with van der Waals surface area (Å²) in [7, 11) is 8.18. The van der Waals surface area contributed by atoms with Crippen molar-refractivity contribution in [2.75, 3.05) is 41.3 Å². The molecule has 0 bridgehead atoms. The highest BCUT2D eigenvalue weighted by Gasteiger charge is 2.08. The third kappa shape index (κ3) is 8.91. The van der Waals surface area contributed by atoms with E-state index in [2.05, 4.69) is 51.6 Å². The zero-order valence-electron chi connectivity index (χ0n) is 15.4. The topological polar surface area (TPSA) is 43.8 Å². The number of nitrogens with zero attached hydrogens (tertiary/aromatic N) is 4. The standard InChI is InChI=1S/C17H33N5S/c1-15-20-16(14-23-15)13-22(5)17(18-2)19-11-9-7-6-8-10-12-21(3)4/h14H,6-13H2,1-5H3,(H,18,19). The van der Waals surface area contributed by atoms with Crippen LogP contribution < -0.4 is 5.32 Å². The molecule has 0 saturated carbocycles. The second kappa shape index (κ2) is 11.4. The van der Waals surface area contributed by atoms with Crippen LogP contribution in [0.5, 0.6) is 0 Å². The molecule has 0 saturated heterocycles. The van der Waals surface area contributed by atoms with E-state index in [0.29, 0.717) is 0 Å². The van der Waals surface area contributed by atoms with Gasteiger partial charge in [0.1, 0.15) is 0 Å². The lowest BCUT2D eigenvalue weighted by molar-refractivity contribution is 0.389. The van der Waals surface area contributed by atoms with Gasteiger partial charge in [0.05, 0.1) is 17.2 Å². The molecule has 0 aromatic carbocycles. The van der Waals surface area contributed by atoms with Crippen molar-refractivity contribution in [1.82, 2.24) is 20.1 Å². The van der Waals surface area contributed by atoms with Crippen molar-refractivity contribution in [3.8, 4) is 0 Å². The highest BCUT2D eigenvalue weighted by Crippen LogP contribution is 2.09. The van der Waals surface area contributed by atoms with Crippen LogP contribution in [-0.2, 0) is 6.54 Å². The second-order valence-corrected chi connectivity index (χ2v) is 7.32. The van der Waals surface area contributed by atoms with Crippen molar-refractivity contribution in [1.29, 1.82) is 0 Å². The Labute approximate surface area is 145 Å². The van der Waals surface area contributed by atoms with Crippen LogP contribution in [0.3, 0.4) is 0 Å². The molecular formula is C17H33N5S. The van der Waals surface area contributed by atoms with Crippen LogP contribution in [0.1, 0.15) is 42.8 Å². The molecule has 0 amide bonds. The van der Waals surface area contributed by atoms with Gasteiger partial charge in [-0.05, 0) is 40.4 Å². The molecular weight excluding hydrogens is 306 g/mol. The van der Waals surface area contributed by atoms with Gasteiger partial charge in [0.25, 0.3) is 0 Å². The Balaban J connectivity index is 2.14. The lowest BCUT2D eigenvalue weighted by Crippen LogP contribution is -2.38. The van der Waals surface area contributed by atoms with Crippen molar-refractivity contribution in [3.63, 3.8) is 0 Å². The van der Waals surface area contributed by atoms with Gasteiger partial charge in [0, 0.05) is 26.0 Å². The largest absolute Gasteiger partial charge is 0.356 e. The molecule has 1 heterocycles. The van der Waals surface area contributed by atoms with Crippen LogP contribution in [0, 0.1) is 6.92 Å². The van der Waals surface area contributed by atoms with Crippen molar-refractivity contribution < 1.29 is 0 Å². The van der Waals surface area contributed by atoms with Gasteiger partial charge in [-0.25, -0.2) is 4.98 Å². The van der Waals surface area contributed by atoms with E-state index in [4.69, 9.17) is 0 Å². The molecule has 6 heteroatoms. The molecule has 1 rings (SSSR count). The SMILES string of the molecule is CN=C(NCCCCCCCN(C)C)N(C)Cc1csc(C)n1. The zero-order chi connectivity index (χ0) is 17.1. The first-order valence-electron chi connectivity index (χ1n) is 8.50. The molecule has 0 aliphatic heterocycles. The number of unbranched alkanes of at least 4 members (excludes halogenated alkanes) is 4. The predicted molar refractivity (Wildman–Crippen MR) is 101 cm³/mol. The van der Waals surface area contributed by atoms with Crippen molar-refractivity contribution in [2.45, 2.75) is 45.6 Å². The Hall–Kier alpha value is -1.14. The quantitative estimate of drug-likeness (QED) is 0.404. The summed E-state index contributed by atoms with van der Waals surface area (Å²) >= 11 is 1.70. The molecule has 1 aromatic rings. The number of guanidine groups is 1. The van der Waals surface area contributed by atoms with E-state index in [0.717, 1.165) is 29.8 Å². The maximum atomic E-state index is 4.51. The first kappa shape index (κ1) is 19.9. The normalized spacial score (nSPS) is 12.0. The summed E-state index contributed by atoms with van der Waals surface area (Å²) in [4.78, 5) is 13.3. The third-order valence-electron chi connectivity index (χ3n) is 3.70. The van der Waals surface area contributed by atoms with Gasteiger partial charge in [-0.1, -0.05) is 19.3 Å². The third-order valence-corrected chi connectivity index (χ3v) is 4.53. The number of rotatable bonds is 10. The Morgan fingerprint density at radius 1 is 1.17 bits per heavy atom. The van der Waals surface area contributed by atoms with E-state index in [9.17, 15) is 0 Å². The van der Waals surface area contributed by atoms with Crippen molar-refractivity contribution in [3.05, 3.63) is 16.1 Å². The fraction of sp³-hybridized carbons (Fsp3) is 0.765. The van der Waals surface area contributed by atoms with Gasteiger partial charge in [-0.15, -0.1) is 11.3 Å².